The van der Waals surface area contributed by atoms with Gasteiger partial charge in [0, 0.05) is 32.2 Å². The molecule has 0 bridgehead atoms. The molecule has 1 atom stereocenters. The molecule has 1 aromatic rings. The highest BCUT2D eigenvalue weighted by molar-refractivity contribution is 7.07. The molecule has 18 heavy (non-hydrogen) atoms. The molecule has 1 aromatic heterocycles. The van der Waals surface area contributed by atoms with Crippen LogP contribution >= 0.6 is 11.3 Å². The predicted octanol–water partition coefficient (Wildman–Crippen LogP) is 3.10. The van der Waals surface area contributed by atoms with Gasteiger partial charge in [-0.2, -0.15) is 11.3 Å². The minimum atomic E-state index is 0.748. The van der Waals surface area contributed by atoms with E-state index in [0.29, 0.717) is 0 Å². The van der Waals surface area contributed by atoms with Gasteiger partial charge in [-0.3, -0.25) is 4.90 Å². The molecule has 3 rings (SSSR count). The SMILES string of the molecule is c1cc(CN2CCNC(C3CCCCC3)C2)cs1. The molecule has 1 saturated carbocycles. The fourth-order valence-electron chi connectivity index (χ4n) is 3.48. The molecule has 1 unspecified atom stereocenters. The second-order valence-corrected chi connectivity index (χ2v) is 6.61. The summed E-state index contributed by atoms with van der Waals surface area (Å²) < 4.78 is 0. The molecular weight excluding hydrogens is 240 g/mol. The Hall–Kier alpha value is -0.380. The third-order valence-electron chi connectivity index (χ3n) is 4.49. The lowest BCUT2D eigenvalue weighted by Crippen LogP contribution is -2.53. The second-order valence-electron chi connectivity index (χ2n) is 5.83. The molecule has 1 N–H and O–H groups in total. The number of nitrogens with zero attached hydrogens (tertiary/aromatic N) is 1. The van der Waals surface area contributed by atoms with Crippen molar-refractivity contribution < 1.29 is 0 Å². The zero-order chi connectivity index (χ0) is 12.2. The summed E-state index contributed by atoms with van der Waals surface area (Å²) in [6.45, 7) is 4.78. The summed E-state index contributed by atoms with van der Waals surface area (Å²) >= 11 is 1.81. The van der Waals surface area contributed by atoms with Crippen molar-refractivity contribution >= 4 is 11.3 Å². The van der Waals surface area contributed by atoms with Gasteiger partial charge in [0.25, 0.3) is 0 Å². The zero-order valence-corrected chi connectivity index (χ0v) is 11.9. The van der Waals surface area contributed by atoms with Crippen LogP contribution in [0, 0.1) is 5.92 Å². The van der Waals surface area contributed by atoms with Crippen molar-refractivity contribution in [2.75, 3.05) is 19.6 Å². The van der Waals surface area contributed by atoms with E-state index >= 15 is 0 Å². The minimum Gasteiger partial charge on any atom is -0.311 e. The Labute approximate surface area is 114 Å². The van der Waals surface area contributed by atoms with Crippen LogP contribution < -0.4 is 5.32 Å². The number of nitrogens with one attached hydrogen (secondary N) is 1. The topological polar surface area (TPSA) is 15.3 Å². The molecule has 0 amide bonds. The van der Waals surface area contributed by atoms with Crippen molar-refractivity contribution in [3.8, 4) is 0 Å². The van der Waals surface area contributed by atoms with E-state index in [4.69, 9.17) is 0 Å². The summed E-state index contributed by atoms with van der Waals surface area (Å²) in [5, 5.41) is 8.24. The molecule has 3 heteroatoms. The first kappa shape index (κ1) is 12.6. The smallest absolute Gasteiger partial charge is 0.0243 e. The van der Waals surface area contributed by atoms with E-state index in [-0.39, 0.29) is 0 Å². The first-order valence-corrected chi connectivity index (χ1v) is 8.33. The van der Waals surface area contributed by atoms with Gasteiger partial charge in [0.05, 0.1) is 0 Å². The van der Waals surface area contributed by atoms with Gasteiger partial charge in [-0.15, -0.1) is 0 Å². The van der Waals surface area contributed by atoms with Crippen molar-refractivity contribution in [3.63, 3.8) is 0 Å². The summed E-state index contributed by atoms with van der Waals surface area (Å²) in [7, 11) is 0. The van der Waals surface area contributed by atoms with E-state index in [1.54, 1.807) is 0 Å². The van der Waals surface area contributed by atoms with Gasteiger partial charge in [-0.1, -0.05) is 19.3 Å². The molecule has 0 spiro atoms. The maximum Gasteiger partial charge on any atom is 0.0243 e. The van der Waals surface area contributed by atoms with Gasteiger partial charge < -0.3 is 5.32 Å². The normalized spacial score (nSPS) is 27.4. The second kappa shape index (κ2) is 6.18. The first-order chi connectivity index (χ1) is 8.92. The highest BCUT2D eigenvalue weighted by atomic mass is 32.1. The van der Waals surface area contributed by atoms with E-state index in [1.807, 2.05) is 11.3 Å². The fraction of sp³-hybridized carbons (Fsp3) is 0.733. The van der Waals surface area contributed by atoms with Crippen LogP contribution in [0.1, 0.15) is 37.7 Å². The minimum absolute atomic E-state index is 0.748. The zero-order valence-electron chi connectivity index (χ0n) is 11.1. The van der Waals surface area contributed by atoms with Crippen LogP contribution in [0.3, 0.4) is 0 Å². The van der Waals surface area contributed by atoms with E-state index in [0.717, 1.165) is 18.5 Å². The van der Waals surface area contributed by atoms with Gasteiger partial charge in [-0.25, -0.2) is 0 Å². The molecule has 2 nitrogen and oxygen atoms in total. The van der Waals surface area contributed by atoms with Crippen LogP contribution in [0.15, 0.2) is 16.8 Å². The molecule has 1 aliphatic carbocycles. The van der Waals surface area contributed by atoms with Gasteiger partial charge >= 0.3 is 0 Å². The Morgan fingerprint density at radius 3 is 2.94 bits per heavy atom. The molecule has 2 aliphatic rings. The lowest BCUT2D eigenvalue weighted by Gasteiger charge is -2.39. The third kappa shape index (κ3) is 3.14. The standard InChI is InChI=1S/C15H24N2S/c1-2-4-14(5-3-1)15-11-17(8-7-16-15)10-13-6-9-18-12-13/h6,9,12,14-16H,1-5,7-8,10-11H2. The van der Waals surface area contributed by atoms with Crippen LogP contribution in [-0.4, -0.2) is 30.6 Å². The Morgan fingerprint density at radius 1 is 1.28 bits per heavy atom. The molecular formula is C15H24N2S. The van der Waals surface area contributed by atoms with Crippen LogP contribution in [0.2, 0.25) is 0 Å². The van der Waals surface area contributed by atoms with Crippen molar-refractivity contribution in [1.29, 1.82) is 0 Å². The van der Waals surface area contributed by atoms with Crippen LogP contribution in [0.25, 0.3) is 0 Å². The highest BCUT2D eigenvalue weighted by Crippen LogP contribution is 2.28. The van der Waals surface area contributed by atoms with Crippen molar-refractivity contribution in [2.45, 2.75) is 44.7 Å². The molecule has 0 radical (unpaired) electrons. The molecule has 2 heterocycles. The monoisotopic (exact) mass is 264 g/mol. The van der Waals surface area contributed by atoms with Crippen LogP contribution in [0.4, 0.5) is 0 Å². The first-order valence-electron chi connectivity index (χ1n) is 7.38. The van der Waals surface area contributed by atoms with Crippen molar-refractivity contribution in [3.05, 3.63) is 22.4 Å². The molecule has 2 fully saturated rings. The van der Waals surface area contributed by atoms with Crippen LogP contribution in [0.5, 0.6) is 0 Å². The van der Waals surface area contributed by atoms with Crippen molar-refractivity contribution in [2.24, 2.45) is 5.92 Å². The van der Waals surface area contributed by atoms with E-state index < -0.39 is 0 Å². The average molecular weight is 264 g/mol. The summed E-state index contributed by atoms with van der Waals surface area (Å²) in [4.78, 5) is 2.64. The lowest BCUT2D eigenvalue weighted by molar-refractivity contribution is 0.141. The third-order valence-corrected chi connectivity index (χ3v) is 5.23. The number of piperazine rings is 1. The summed E-state index contributed by atoms with van der Waals surface area (Å²) in [6, 6.07) is 3.01. The Balaban J connectivity index is 1.54. The van der Waals surface area contributed by atoms with Crippen LogP contribution in [-0.2, 0) is 6.54 Å². The van der Waals surface area contributed by atoms with E-state index in [2.05, 4.69) is 27.0 Å². The van der Waals surface area contributed by atoms with Gasteiger partial charge in [0.2, 0.25) is 0 Å². The number of hydrogen-bond donors (Lipinski definition) is 1. The number of rotatable bonds is 3. The lowest BCUT2D eigenvalue weighted by atomic mass is 9.83. The fourth-order valence-corrected chi connectivity index (χ4v) is 4.14. The summed E-state index contributed by atoms with van der Waals surface area (Å²) in [6.07, 6.45) is 7.26. The van der Waals surface area contributed by atoms with Gasteiger partial charge in [0.1, 0.15) is 0 Å². The number of thiophene rings is 1. The van der Waals surface area contributed by atoms with Gasteiger partial charge in [-0.05, 0) is 41.1 Å². The maximum absolute atomic E-state index is 3.76. The predicted molar refractivity (Wildman–Crippen MR) is 78.0 cm³/mol. The van der Waals surface area contributed by atoms with Crippen molar-refractivity contribution in [1.82, 2.24) is 10.2 Å². The Kier molecular flexibility index (Phi) is 4.34. The summed E-state index contributed by atoms with van der Waals surface area (Å²) in [5.41, 5.74) is 1.49. The van der Waals surface area contributed by atoms with E-state index in [9.17, 15) is 0 Å². The molecule has 100 valence electrons. The average Bonchev–Trinajstić information content (AvgIpc) is 2.93. The van der Waals surface area contributed by atoms with E-state index in [1.165, 1.54) is 57.3 Å². The number of hydrogen-bond acceptors (Lipinski definition) is 3. The quantitative estimate of drug-likeness (QED) is 0.902. The largest absolute Gasteiger partial charge is 0.311 e. The molecule has 0 aromatic carbocycles. The highest BCUT2D eigenvalue weighted by Gasteiger charge is 2.27. The maximum atomic E-state index is 3.76. The molecule has 1 saturated heterocycles. The van der Waals surface area contributed by atoms with Gasteiger partial charge in [0.15, 0.2) is 0 Å². The molecule has 1 aliphatic heterocycles. The Bertz CT molecular complexity index is 343. The summed E-state index contributed by atoms with van der Waals surface area (Å²) in [5.74, 6) is 0.934. The Morgan fingerprint density at radius 2 is 2.17 bits per heavy atom.